The van der Waals surface area contributed by atoms with E-state index in [1.54, 1.807) is 0 Å². The van der Waals surface area contributed by atoms with Crippen molar-refractivity contribution in [2.24, 2.45) is 23.3 Å². The molecule has 9 N–H and O–H groups in total. The third-order valence-electron chi connectivity index (χ3n) is 8.91. The molecule has 1 unspecified atom stereocenters. The first-order chi connectivity index (χ1) is 18.7. The Morgan fingerprint density at radius 2 is 1.95 bits per heavy atom. The molecule has 0 radical (unpaired) electrons. The summed E-state index contributed by atoms with van der Waals surface area (Å²) < 4.78 is 16.0. The average Bonchev–Trinajstić information content (AvgIpc) is 3.32. The fraction of sp³-hybridized carbons (Fsp3) is 0.519. The molecule has 3 aliphatic carbocycles. The number of ketones is 2. The number of carbonyl (C=O) groups excluding carboxylic acids is 3. The van der Waals surface area contributed by atoms with Gasteiger partial charge in [0.05, 0.1) is 11.6 Å². The van der Waals surface area contributed by atoms with E-state index in [4.69, 9.17) is 11.5 Å². The van der Waals surface area contributed by atoms with Crippen molar-refractivity contribution in [3.63, 3.8) is 0 Å². The molecule has 12 nitrogen and oxygen atoms in total. The van der Waals surface area contributed by atoms with E-state index in [0.717, 1.165) is 12.5 Å². The van der Waals surface area contributed by atoms with Gasteiger partial charge in [0, 0.05) is 35.2 Å². The summed E-state index contributed by atoms with van der Waals surface area (Å²) in [4.78, 5) is 42.2. The molecule has 6 atom stereocenters. The average molecular weight is 561 g/mol. The highest BCUT2D eigenvalue weighted by atomic mass is 19.1. The molecule has 0 aromatic heterocycles. The molecule has 1 heterocycles. The van der Waals surface area contributed by atoms with Gasteiger partial charge in [-0.25, -0.2) is 4.39 Å². The van der Waals surface area contributed by atoms with Gasteiger partial charge in [-0.15, -0.1) is 0 Å². The molecule has 0 spiro atoms. The Balaban J connectivity index is 1.62. The number of benzene rings is 1. The number of nitrogens with zero attached hydrogens (tertiary/aromatic N) is 2. The SMILES string of the molecule is CN(C)[C@@H]1C(=O)C(C(N)=O)=C(O)[C@@]2(O)C(=O)C3=C(O)c4c(O)cc(CN5CCC[C@@H]5C(N)O)c(F)c4C[C@H]3C[C@@H]12. The predicted octanol–water partition coefficient (Wildman–Crippen LogP) is -0.655. The van der Waals surface area contributed by atoms with Crippen LogP contribution in [-0.4, -0.2) is 97.4 Å². The number of hydrogen-bond acceptors (Lipinski definition) is 11. The first-order valence-corrected chi connectivity index (χ1v) is 13.1. The normalized spacial score (nSPS) is 31.4. The van der Waals surface area contributed by atoms with Crippen molar-refractivity contribution < 1.29 is 44.3 Å². The molecule has 4 aliphatic rings. The maximum Gasteiger partial charge on any atom is 0.255 e. The number of aromatic hydroxyl groups is 1. The zero-order valence-electron chi connectivity index (χ0n) is 22.1. The van der Waals surface area contributed by atoms with Gasteiger partial charge in [-0.05, 0) is 58.3 Å². The van der Waals surface area contributed by atoms with Gasteiger partial charge in [0.2, 0.25) is 5.78 Å². The Labute approximate surface area is 229 Å². The third kappa shape index (κ3) is 3.87. The number of fused-ring (bicyclic) bond motifs is 3. The van der Waals surface area contributed by atoms with Gasteiger partial charge in [0.1, 0.15) is 34.9 Å². The smallest absolute Gasteiger partial charge is 0.255 e. The number of likely N-dealkylation sites (N-methyl/N-ethyl adjacent to an activating group) is 1. The second-order valence-corrected chi connectivity index (χ2v) is 11.4. The molecule has 2 fully saturated rings. The van der Waals surface area contributed by atoms with Crippen molar-refractivity contribution in [2.45, 2.75) is 56.1 Å². The van der Waals surface area contributed by atoms with Crippen LogP contribution in [0.15, 0.2) is 23.0 Å². The van der Waals surface area contributed by atoms with Crippen LogP contribution in [0.3, 0.4) is 0 Å². The molecule has 5 rings (SSSR count). The maximum absolute atomic E-state index is 16.0. The predicted molar refractivity (Wildman–Crippen MR) is 138 cm³/mol. The highest BCUT2D eigenvalue weighted by Gasteiger charge is 2.64. The number of amides is 1. The van der Waals surface area contributed by atoms with E-state index in [1.165, 1.54) is 19.0 Å². The lowest BCUT2D eigenvalue weighted by Gasteiger charge is -2.50. The summed E-state index contributed by atoms with van der Waals surface area (Å²) in [5.74, 6) is -8.60. The van der Waals surface area contributed by atoms with Crippen molar-refractivity contribution in [3.05, 3.63) is 45.5 Å². The van der Waals surface area contributed by atoms with Gasteiger partial charge < -0.3 is 37.0 Å². The Morgan fingerprint density at radius 3 is 2.55 bits per heavy atom. The number of primary amides is 1. The summed E-state index contributed by atoms with van der Waals surface area (Å²) >= 11 is 0. The van der Waals surface area contributed by atoms with Gasteiger partial charge in [-0.3, -0.25) is 24.2 Å². The number of carbonyl (C=O) groups is 3. The van der Waals surface area contributed by atoms with Gasteiger partial charge in [-0.1, -0.05) is 0 Å². The number of aliphatic hydroxyl groups excluding tert-OH is 3. The van der Waals surface area contributed by atoms with Crippen molar-refractivity contribution in [1.29, 1.82) is 0 Å². The van der Waals surface area contributed by atoms with Crippen LogP contribution in [0.5, 0.6) is 5.75 Å². The highest BCUT2D eigenvalue weighted by Crippen LogP contribution is 2.53. The largest absolute Gasteiger partial charge is 0.508 e. The van der Waals surface area contributed by atoms with E-state index in [-0.39, 0.29) is 47.7 Å². The number of Topliss-reactive ketones (excluding diaryl/α,β-unsaturated/α-hetero) is 2. The maximum atomic E-state index is 16.0. The van der Waals surface area contributed by atoms with Crippen LogP contribution in [0.2, 0.25) is 0 Å². The van der Waals surface area contributed by atoms with Crippen LogP contribution in [0.25, 0.3) is 5.76 Å². The van der Waals surface area contributed by atoms with E-state index < -0.39 is 75.8 Å². The van der Waals surface area contributed by atoms with Crippen LogP contribution in [0.1, 0.15) is 36.0 Å². The first-order valence-electron chi connectivity index (χ1n) is 13.1. The molecule has 1 saturated carbocycles. The summed E-state index contributed by atoms with van der Waals surface area (Å²) in [6.07, 6.45) is -0.0263. The minimum Gasteiger partial charge on any atom is -0.508 e. The molecule has 216 valence electrons. The quantitative estimate of drug-likeness (QED) is 0.178. The van der Waals surface area contributed by atoms with E-state index in [9.17, 15) is 39.9 Å². The minimum absolute atomic E-state index is 0.0374. The number of nitrogens with two attached hydrogens (primary N) is 2. The summed E-state index contributed by atoms with van der Waals surface area (Å²) in [5, 5.41) is 54.5. The lowest BCUT2D eigenvalue weighted by atomic mass is 9.57. The van der Waals surface area contributed by atoms with Gasteiger partial charge >= 0.3 is 0 Å². The van der Waals surface area contributed by atoms with E-state index in [1.807, 2.05) is 4.90 Å². The number of hydrogen-bond donors (Lipinski definition) is 7. The van der Waals surface area contributed by atoms with Crippen molar-refractivity contribution in [3.8, 4) is 5.75 Å². The molecular formula is C27H33FN4O8. The summed E-state index contributed by atoms with van der Waals surface area (Å²) in [6, 6.07) is -0.473. The van der Waals surface area contributed by atoms with Crippen molar-refractivity contribution in [2.75, 3.05) is 20.6 Å². The number of phenols is 1. The number of aliphatic hydroxyl groups is 4. The molecule has 13 heteroatoms. The lowest BCUT2D eigenvalue weighted by Crippen LogP contribution is -2.65. The topological polar surface area (TPSA) is 211 Å². The molecular weight excluding hydrogens is 527 g/mol. The van der Waals surface area contributed by atoms with E-state index in [0.29, 0.717) is 13.0 Å². The lowest BCUT2D eigenvalue weighted by molar-refractivity contribution is -0.153. The Kier molecular flexibility index (Phi) is 6.78. The van der Waals surface area contributed by atoms with Gasteiger partial charge in [0.25, 0.3) is 5.91 Å². The Hall–Kier alpha value is -3.36. The van der Waals surface area contributed by atoms with Gasteiger partial charge in [0.15, 0.2) is 11.4 Å². The summed E-state index contributed by atoms with van der Waals surface area (Å²) in [5.41, 5.74) is 6.75. The second kappa shape index (κ2) is 9.63. The van der Waals surface area contributed by atoms with E-state index in [2.05, 4.69) is 0 Å². The Bertz CT molecular complexity index is 1390. The summed E-state index contributed by atoms with van der Waals surface area (Å²) in [7, 11) is 3.00. The van der Waals surface area contributed by atoms with Crippen molar-refractivity contribution in [1.82, 2.24) is 9.80 Å². The van der Waals surface area contributed by atoms with Gasteiger partial charge in [-0.2, -0.15) is 0 Å². The summed E-state index contributed by atoms with van der Waals surface area (Å²) in [6.45, 7) is 0.605. The number of phenolic OH excluding ortho intramolecular Hbond substituents is 1. The first kappa shape index (κ1) is 28.2. The zero-order chi connectivity index (χ0) is 29.4. The molecule has 1 aromatic carbocycles. The monoisotopic (exact) mass is 560 g/mol. The standard InChI is InChI=1S/C27H33FN4O8/c1-31(2)20-13-7-10-6-12-17(15(33)8-11(19(12)28)9-32-5-3-4-14(32)25(29)38)21(34)16(10)23(36)27(13,40)24(37)18(22(20)35)26(30)39/h8,10,13-14,20,25,33-34,37-38,40H,3-7,9,29H2,1-2H3,(H2,30,39)/t10-,13-,14+,20-,25?,27-/m0/s1. The van der Waals surface area contributed by atoms with Crippen LogP contribution in [-0.2, 0) is 27.3 Å². The highest BCUT2D eigenvalue weighted by molar-refractivity contribution is 6.24. The number of halogens is 1. The minimum atomic E-state index is -2.76. The van der Waals surface area contributed by atoms with E-state index >= 15 is 4.39 Å². The second-order valence-electron chi connectivity index (χ2n) is 11.4. The third-order valence-corrected chi connectivity index (χ3v) is 8.91. The number of likely N-dealkylation sites (tertiary alicyclic amines) is 1. The number of rotatable bonds is 5. The Morgan fingerprint density at radius 1 is 1.27 bits per heavy atom. The molecule has 40 heavy (non-hydrogen) atoms. The fourth-order valence-corrected chi connectivity index (χ4v) is 7.12. The van der Waals surface area contributed by atoms with Crippen LogP contribution >= 0.6 is 0 Å². The van der Waals surface area contributed by atoms with Crippen LogP contribution in [0.4, 0.5) is 4.39 Å². The molecule has 0 bridgehead atoms. The molecule has 1 saturated heterocycles. The van der Waals surface area contributed by atoms with Crippen LogP contribution in [0, 0.1) is 17.7 Å². The van der Waals surface area contributed by atoms with Crippen molar-refractivity contribution >= 4 is 23.2 Å². The molecule has 1 aromatic rings. The fourth-order valence-electron chi connectivity index (χ4n) is 7.12. The van der Waals surface area contributed by atoms with Crippen LogP contribution < -0.4 is 11.5 Å². The molecule has 1 aliphatic heterocycles. The zero-order valence-corrected chi connectivity index (χ0v) is 22.1. The molecule has 1 amide bonds.